The van der Waals surface area contributed by atoms with Crippen molar-refractivity contribution in [2.45, 2.75) is 144 Å². The van der Waals surface area contributed by atoms with Crippen LogP contribution in [0.25, 0.3) is 0 Å². The van der Waals surface area contributed by atoms with Crippen LogP contribution >= 0.6 is 0 Å². The fraction of sp³-hybridized carbons (Fsp3) is 0.889. The van der Waals surface area contributed by atoms with E-state index in [1.165, 1.54) is 0 Å². The Kier molecular flexibility index (Phi) is 20.7. The number of amides is 4. The summed E-state index contributed by atoms with van der Waals surface area (Å²) in [6.45, 7) is 26.0. The van der Waals surface area contributed by atoms with E-state index in [0.717, 1.165) is 0 Å². The van der Waals surface area contributed by atoms with Gasteiger partial charge in [0.05, 0.1) is 0 Å². The van der Waals surface area contributed by atoms with Crippen LogP contribution in [-0.4, -0.2) is 132 Å². The lowest BCUT2D eigenvalue weighted by molar-refractivity contribution is 0.0165. The molecule has 0 aliphatic heterocycles. The Bertz CT molecular complexity index is 934. The van der Waals surface area contributed by atoms with Gasteiger partial charge in [-0.2, -0.15) is 0 Å². The van der Waals surface area contributed by atoms with Crippen LogP contribution < -0.4 is 11.5 Å². The zero-order valence-electron chi connectivity index (χ0n) is 33.5. The summed E-state index contributed by atoms with van der Waals surface area (Å²) in [5.41, 5.74) is 8.79. The molecule has 0 rings (SSSR count). The maximum absolute atomic E-state index is 13.2. The van der Waals surface area contributed by atoms with E-state index in [0.29, 0.717) is 104 Å². The number of unbranched alkanes of at least 4 members (excludes halogenated alkanes) is 1. The van der Waals surface area contributed by atoms with E-state index < -0.39 is 46.8 Å². The van der Waals surface area contributed by atoms with Crippen molar-refractivity contribution < 1.29 is 38.1 Å². The maximum Gasteiger partial charge on any atom is 0.410 e. The predicted molar refractivity (Wildman–Crippen MR) is 197 cm³/mol. The topological polar surface area (TPSA) is 170 Å². The summed E-state index contributed by atoms with van der Waals surface area (Å²) in [4.78, 5) is 58.6. The van der Waals surface area contributed by atoms with Gasteiger partial charge in [-0.1, -0.05) is 0 Å². The smallest absolute Gasteiger partial charge is 0.410 e. The Hall–Kier alpha value is -3.00. The monoisotopic (exact) mass is 717 g/mol. The Morgan fingerprint density at radius 1 is 0.360 bits per heavy atom. The molecule has 294 valence electrons. The van der Waals surface area contributed by atoms with E-state index in [1.807, 2.05) is 83.1 Å². The van der Waals surface area contributed by atoms with E-state index in [9.17, 15) is 19.2 Å². The SMILES string of the molecule is CC(C)(C)OC(=O)N(CCCN)CCCN(CCCCN(CCCN(CCCN)C(=O)OC(C)(C)C)C(=O)OC(C)(C)C)C(=O)OC(C)(C)C. The van der Waals surface area contributed by atoms with Crippen LogP contribution in [0.4, 0.5) is 19.2 Å². The molecule has 0 saturated carbocycles. The van der Waals surface area contributed by atoms with Gasteiger partial charge in [0.1, 0.15) is 22.4 Å². The van der Waals surface area contributed by atoms with Crippen molar-refractivity contribution in [3.63, 3.8) is 0 Å². The number of carbonyl (C=O) groups is 4. The highest BCUT2D eigenvalue weighted by molar-refractivity contribution is 5.69. The third-order valence-corrected chi connectivity index (χ3v) is 6.69. The molecule has 0 saturated heterocycles. The summed E-state index contributed by atoms with van der Waals surface area (Å²) in [6, 6.07) is 0. The highest BCUT2D eigenvalue weighted by atomic mass is 16.6. The van der Waals surface area contributed by atoms with Crippen LogP contribution in [0.15, 0.2) is 0 Å². The van der Waals surface area contributed by atoms with Crippen molar-refractivity contribution in [1.82, 2.24) is 19.6 Å². The minimum Gasteiger partial charge on any atom is -0.444 e. The lowest BCUT2D eigenvalue weighted by atomic mass is 10.2. The van der Waals surface area contributed by atoms with Gasteiger partial charge in [0, 0.05) is 52.4 Å². The van der Waals surface area contributed by atoms with Gasteiger partial charge in [-0.25, -0.2) is 19.2 Å². The zero-order chi connectivity index (χ0) is 38.8. The van der Waals surface area contributed by atoms with Crippen LogP contribution in [0, 0.1) is 0 Å². The average Bonchev–Trinajstić information content (AvgIpc) is 2.92. The van der Waals surface area contributed by atoms with Crippen LogP contribution in [-0.2, 0) is 18.9 Å². The highest BCUT2D eigenvalue weighted by Crippen LogP contribution is 2.16. The molecule has 4 amide bonds. The first kappa shape index (κ1) is 47.0. The average molecular weight is 717 g/mol. The minimum atomic E-state index is -0.677. The van der Waals surface area contributed by atoms with Gasteiger partial charge in [0.25, 0.3) is 0 Å². The minimum absolute atomic E-state index is 0.371. The first-order valence-corrected chi connectivity index (χ1v) is 18.2. The summed E-state index contributed by atoms with van der Waals surface area (Å²) in [7, 11) is 0. The molecule has 0 bridgehead atoms. The lowest BCUT2D eigenvalue weighted by Gasteiger charge is -2.31. The third-order valence-electron chi connectivity index (χ3n) is 6.69. The van der Waals surface area contributed by atoms with E-state index in [-0.39, 0.29) is 0 Å². The van der Waals surface area contributed by atoms with Crippen LogP contribution in [0.5, 0.6) is 0 Å². The van der Waals surface area contributed by atoms with Gasteiger partial charge in [0.15, 0.2) is 0 Å². The fourth-order valence-electron chi connectivity index (χ4n) is 4.56. The molecule has 0 spiro atoms. The molecular formula is C36H72N6O8. The summed E-state index contributed by atoms with van der Waals surface area (Å²) >= 11 is 0. The van der Waals surface area contributed by atoms with E-state index >= 15 is 0 Å². The first-order valence-electron chi connectivity index (χ1n) is 18.2. The molecule has 0 aromatic rings. The second-order valence-corrected chi connectivity index (χ2v) is 16.6. The second kappa shape index (κ2) is 22.0. The Balaban J connectivity index is 5.57. The van der Waals surface area contributed by atoms with Gasteiger partial charge in [-0.3, -0.25) is 0 Å². The molecule has 14 nitrogen and oxygen atoms in total. The Morgan fingerprint density at radius 3 is 0.720 bits per heavy atom. The number of rotatable bonds is 19. The summed E-state index contributed by atoms with van der Waals surface area (Å²) in [5, 5.41) is 0. The van der Waals surface area contributed by atoms with Crippen LogP contribution in [0.3, 0.4) is 0 Å². The molecule has 0 aliphatic rings. The summed E-state index contributed by atoms with van der Waals surface area (Å²) in [5.74, 6) is 0. The molecule has 0 radical (unpaired) electrons. The van der Waals surface area contributed by atoms with Gasteiger partial charge >= 0.3 is 24.4 Å². The van der Waals surface area contributed by atoms with Crippen molar-refractivity contribution in [2.24, 2.45) is 11.5 Å². The van der Waals surface area contributed by atoms with E-state index in [1.54, 1.807) is 19.6 Å². The van der Waals surface area contributed by atoms with E-state index in [2.05, 4.69) is 0 Å². The molecule has 0 unspecified atom stereocenters. The number of hydrogen-bond donors (Lipinski definition) is 2. The highest BCUT2D eigenvalue weighted by Gasteiger charge is 2.27. The number of hydrogen-bond acceptors (Lipinski definition) is 10. The normalized spacial score (nSPS) is 12.2. The van der Waals surface area contributed by atoms with Gasteiger partial charge in [0.2, 0.25) is 0 Å². The van der Waals surface area contributed by atoms with Crippen LogP contribution in [0.2, 0.25) is 0 Å². The lowest BCUT2D eigenvalue weighted by Crippen LogP contribution is -2.42. The third kappa shape index (κ3) is 24.2. The standard InChI is InChI=1S/C36H72N6O8/c1-33(2,3)47-29(43)39(25-17-27-41(23-15-19-37)31(45)49-35(7,8)9)21-13-14-22-40(30(44)48-34(4,5)6)26-18-28-42(24-16-20-38)32(46)50-36(10,11)12/h13-28,37-38H2,1-12H3. The number of nitrogens with zero attached hydrogens (tertiary/aromatic N) is 4. The van der Waals surface area contributed by atoms with Gasteiger partial charge < -0.3 is 50.0 Å². The number of carbonyl (C=O) groups excluding carboxylic acids is 4. The molecular weight excluding hydrogens is 644 g/mol. The first-order chi connectivity index (χ1) is 22.9. The van der Waals surface area contributed by atoms with Gasteiger partial charge in [-0.15, -0.1) is 0 Å². The number of ether oxygens (including phenoxy) is 4. The van der Waals surface area contributed by atoms with Crippen molar-refractivity contribution in [3.8, 4) is 0 Å². The quantitative estimate of drug-likeness (QED) is 0.116. The molecule has 14 heteroatoms. The molecule has 0 atom stereocenters. The van der Waals surface area contributed by atoms with Crippen molar-refractivity contribution in [2.75, 3.05) is 65.4 Å². The largest absolute Gasteiger partial charge is 0.444 e. The van der Waals surface area contributed by atoms with Crippen molar-refractivity contribution in [3.05, 3.63) is 0 Å². The summed E-state index contributed by atoms with van der Waals surface area (Å²) in [6.07, 6.45) is 1.81. The predicted octanol–water partition coefficient (Wildman–Crippen LogP) is 6.19. The van der Waals surface area contributed by atoms with Crippen LogP contribution in [0.1, 0.15) is 122 Å². The Labute approximate surface area is 302 Å². The molecule has 0 fully saturated rings. The van der Waals surface area contributed by atoms with E-state index in [4.69, 9.17) is 30.4 Å². The zero-order valence-corrected chi connectivity index (χ0v) is 33.5. The van der Waals surface area contributed by atoms with Crippen molar-refractivity contribution >= 4 is 24.4 Å². The molecule has 4 N–H and O–H groups in total. The molecule has 0 aromatic carbocycles. The molecule has 50 heavy (non-hydrogen) atoms. The molecule has 0 aliphatic carbocycles. The second-order valence-electron chi connectivity index (χ2n) is 16.6. The number of nitrogens with two attached hydrogens (primary N) is 2. The fourth-order valence-corrected chi connectivity index (χ4v) is 4.56. The maximum atomic E-state index is 13.2. The summed E-state index contributed by atoms with van der Waals surface area (Å²) < 4.78 is 22.5. The molecule has 0 aromatic heterocycles. The van der Waals surface area contributed by atoms with Gasteiger partial charge in [-0.05, 0) is 135 Å². The molecule has 0 heterocycles. The Morgan fingerprint density at radius 2 is 0.540 bits per heavy atom. The van der Waals surface area contributed by atoms with Crippen molar-refractivity contribution in [1.29, 1.82) is 0 Å².